The van der Waals surface area contributed by atoms with Crippen molar-refractivity contribution in [1.82, 2.24) is 10.3 Å². The van der Waals surface area contributed by atoms with Crippen LogP contribution in [0.1, 0.15) is 30.0 Å². The van der Waals surface area contributed by atoms with Crippen molar-refractivity contribution in [3.8, 4) is 0 Å². The van der Waals surface area contributed by atoms with Crippen LogP contribution in [-0.4, -0.2) is 23.5 Å². The Hall–Kier alpha value is -0.940. The second-order valence-electron chi connectivity index (χ2n) is 4.69. The van der Waals surface area contributed by atoms with Gasteiger partial charge in [0.05, 0.1) is 5.01 Å². The highest BCUT2D eigenvalue weighted by molar-refractivity contribution is 7.09. The van der Waals surface area contributed by atoms with Crippen molar-refractivity contribution < 1.29 is 4.79 Å². The van der Waals surface area contributed by atoms with Gasteiger partial charge in [0.1, 0.15) is 0 Å². The molecule has 1 aromatic heterocycles. The zero-order valence-corrected chi connectivity index (χ0v) is 10.9. The maximum Gasteiger partial charge on any atom is 0.223 e. The first kappa shape index (κ1) is 12.5. The molecule has 17 heavy (non-hydrogen) atoms. The van der Waals surface area contributed by atoms with Crippen LogP contribution < -0.4 is 11.1 Å². The second-order valence-corrected chi connectivity index (χ2v) is 5.64. The highest BCUT2D eigenvalue weighted by atomic mass is 32.1. The summed E-state index contributed by atoms with van der Waals surface area (Å²) >= 11 is 1.65. The fourth-order valence-corrected chi connectivity index (χ4v) is 2.98. The van der Waals surface area contributed by atoms with Gasteiger partial charge >= 0.3 is 0 Å². The van der Waals surface area contributed by atoms with Crippen LogP contribution in [0, 0.1) is 12.8 Å². The minimum absolute atomic E-state index is 0.128. The van der Waals surface area contributed by atoms with Gasteiger partial charge in [-0.25, -0.2) is 4.98 Å². The van der Waals surface area contributed by atoms with Crippen LogP contribution in [0.4, 0.5) is 0 Å². The van der Waals surface area contributed by atoms with Gasteiger partial charge in [0.15, 0.2) is 0 Å². The minimum Gasteiger partial charge on any atom is -0.355 e. The smallest absolute Gasteiger partial charge is 0.223 e. The van der Waals surface area contributed by atoms with Crippen LogP contribution in [0.15, 0.2) is 5.38 Å². The molecule has 1 aromatic rings. The van der Waals surface area contributed by atoms with Gasteiger partial charge in [-0.1, -0.05) is 0 Å². The van der Waals surface area contributed by atoms with Gasteiger partial charge in [-0.15, -0.1) is 11.3 Å². The van der Waals surface area contributed by atoms with E-state index < -0.39 is 0 Å². The lowest BCUT2D eigenvalue weighted by Gasteiger charge is -2.09. The number of rotatable bonds is 4. The SMILES string of the molecule is Cc1csc(CCNC(=O)C2CCC(N)C2)n1. The van der Waals surface area contributed by atoms with Gasteiger partial charge in [-0.2, -0.15) is 0 Å². The number of hydrogen-bond acceptors (Lipinski definition) is 4. The predicted octanol–water partition coefficient (Wildman–Crippen LogP) is 1.24. The maximum atomic E-state index is 11.8. The molecule has 1 aliphatic carbocycles. The molecule has 4 nitrogen and oxygen atoms in total. The van der Waals surface area contributed by atoms with Crippen molar-refractivity contribution in [1.29, 1.82) is 0 Å². The molecule has 94 valence electrons. The summed E-state index contributed by atoms with van der Waals surface area (Å²) in [7, 11) is 0. The lowest BCUT2D eigenvalue weighted by atomic mass is 10.1. The van der Waals surface area contributed by atoms with E-state index in [0.717, 1.165) is 36.4 Å². The first-order chi connectivity index (χ1) is 8.15. The van der Waals surface area contributed by atoms with Gasteiger partial charge in [-0.3, -0.25) is 4.79 Å². The third kappa shape index (κ3) is 3.51. The number of carbonyl (C=O) groups excluding carboxylic acids is 1. The normalized spacial score (nSPS) is 23.9. The van der Waals surface area contributed by atoms with Crippen molar-refractivity contribution in [2.45, 2.75) is 38.6 Å². The van der Waals surface area contributed by atoms with Crippen LogP contribution in [-0.2, 0) is 11.2 Å². The van der Waals surface area contributed by atoms with Crippen molar-refractivity contribution in [2.75, 3.05) is 6.54 Å². The van der Waals surface area contributed by atoms with Crippen molar-refractivity contribution in [3.63, 3.8) is 0 Å². The number of aryl methyl sites for hydroxylation is 1. The number of aromatic nitrogens is 1. The monoisotopic (exact) mass is 253 g/mol. The Morgan fingerprint density at radius 1 is 1.65 bits per heavy atom. The Morgan fingerprint density at radius 3 is 3.06 bits per heavy atom. The molecule has 0 radical (unpaired) electrons. The second kappa shape index (κ2) is 5.60. The zero-order valence-electron chi connectivity index (χ0n) is 10.1. The summed E-state index contributed by atoms with van der Waals surface area (Å²) in [5.74, 6) is 0.286. The highest BCUT2D eigenvalue weighted by Crippen LogP contribution is 2.23. The Labute approximate surface area is 106 Å². The van der Waals surface area contributed by atoms with E-state index in [0.29, 0.717) is 6.54 Å². The standard InChI is InChI=1S/C12H19N3OS/c1-8-7-17-11(15-8)4-5-14-12(16)9-2-3-10(13)6-9/h7,9-10H,2-6,13H2,1H3,(H,14,16). The first-order valence-electron chi connectivity index (χ1n) is 6.09. The van der Waals surface area contributed by atoms with Crippen molar-refractivity contribution >= 4 is 17.2 Å². The fourth-order valence-electron chi connectivity index (χ4n) is 2.21. The molecule has 5 heteroatoms. The summed E-state index contributed by atoms with van der Waals surface area (Å²) in [6, 6.07) is 0.215. The average molecular weight is 253 g/mol. The summed E-state index contributed by atoms with van der Waals surface area (Å²) in [4.78, 5) is 16.2. The van der Waals surface area contributed by atoms with Gasteiger partial charge in [0, 0.05) is 36.0 Å². The van der Waals surface area contributed by atoms with E-state index in [1.54, 1.807) is 11.3 Å². The minimum atomic E-state index is 0.128. The molecule has 3 N–H and O–H groups in total. The van der Waals surface area contributed by atoms with E-state index in [1.165, 1.54) is 0 Å². The summed E-state index contributed by atoms with van der Waals surface area (Å²) in [5, 5.41) is 6.10. The quantitative estimate of drug-likeness (QED) is 0.848. The van der Waals surface area contributed by atoms with E-state index in [1.807, 2.05) is 12.3 Å². The maximum absolute atomic E-state index is 11.8. The molecule has 1 amide bonds. The molecule has 1 saturated carbocycles. The van der Waals surface area contributed by atoms with Crippen LogP contribution in [0.25, 0.3) is 0 Å². The number of nitrogens with two attached hydrogens (primary N) is 1. The fraction of sp³-hybridized carbons (Fsp3) is 0.667. The lowest BCUT2D eigenvalue weighted by molar-refractivity contribution is -0.124. The molecular formula is C12H19N3OS. The predicted molar refractivity (Wildman–Crippen MR) is 68.9 cm³/mol. The highest BCUT2D eigenvalue weighted by Gasteiger charge is 2.27. The van der Waals surface area contributed by atoms with Crippen molar-refractivity contribution in [2.24, 2.45) is 11.7 Å². The van der Waals surface area contributed by atoms with Crippen LogP contribution >= 0.6 is 11.3 Å². The Bertz CT molecular complexity index is 391. The molecule has 0 spiro atoms. The number of thiazole rings is 1. The first-order valence-corrected chi connectivity index (χ1v) is 6.97. The molecule has 1 aliphatic rings. The van der Waals surface area contributed by atoms with Crippen LogP contribution in [0.3, 0.4) is 0 Å². The third-order valence-electron chi connectivity index (χ3n) is 3.15. The van der Waals surface area contributed by atoms with Crippen molar-refractivity contribution in [3.05, 3.63) is 16.1 Å². The molecule has 0 saturated heterocycles. The van der Waals surface area contributed by atoms with Gasteiger partial charge in [0.25, 0.3) is 0 Å². The molecule has 1 heterocycles. The number of carbonyl (C=O) groups is 1. The number of hydrogen-bond donors (Lipinski definition) is 2. The summed E-state index contributed by atoms with van der Waals surface area (Å²) in [6.45, 7) is 2.66. The van der Waals surface area contributed by atoms with Gasteiger partial charge in [0.2, 0.25) is 5.91 Å². The van der Waals surface area contributed by atoms with E-state index in [9.17, 15) is 4.79 Å². The number of nitrogens with zero attached hydrogens (tertiary/aromatic N) is 1. The number of nitrogens with one attached hydrogen (secondary N) is 1. The number of amides is 1. The summed E-state index contributed by atoms with van der Waals surface area (Å²) in [5.41, 5.74) is 6.85. The Kier molecular flexibility index (Phi) is 4.12. The third-order valence-corrected chi connectivity index (χ3v) is 4.18. The Morgan fingerprint density at radius 2 is 2.47 bits per heavy atom. The van der Waals surface area contributed by atoms with E-state index in [-0.39, 0.29) is 17.9 Å². The van der Waals surface area contributed by atoms with E-state index in [2.05, 4.69) is 10.3 Å². The van der Waals surface area contributed by atoms with Gasteiger partial charge in [-0.05, 0) is 26.2 Å². The molecule has 0 aliphatic heterocycles. The molecule has 2 unspecified atom stereocenters. The van der Waals surface area contributed by atoms with Gasteiger partial charge < -0.3 is 11.1 Å². The Balaban J connectivity index is 1.70. The van der Waals surface area contributed by atoms with E-state index >= 15 is 0 Å². The molecule has 2 atom stereocenters. The zero-order chi connectivity index (χ0) is 12.3. The van der Waals surface area contributed by atoms with Crippen LogP contribution in [0.5, 0.6) is 0 Å². The summed E-state index contributed by atoms with van der Waals surface area (Å²) in [6.07, 6.45) is 3.57. The molecule has 2 rings (SSSR count). The van der Waals surface area contributed by atoms with E-state index in [4.69, 9.17) is 5.73 Å². The molecule has 0 bridgehead atoms. The average Bonchev–Trinajstić information content (AvgIpc) is 2.88. The van der Waals surface area contributed by atoms with Crippen LogP contribution in [0.2, 0.25) is 0 Å². The largest absolute Gasteiger partial charge is 0.355 e. The molecule has 0 aromatic carbocycles. The molecule has 1 fully saturated rings. The molecular weight excluding hydrogens is 234 g/mol. The topological polar surface area (TPSA) is 68.0 Å². The lowest BCUT2D eigenvalue weighted by Crippen LogP contribution is -2.31. The summed E-state index contributed by atoms with van der Waals surface area (Å²) < 4.78 is 0.